The highest BCUT2D eigenvalue weighted by atomic mass is 35.5. The standard InChI is InChI=1S/C24H15Cl2N3O2S/c25-19-6-3-7-20(22(19)26)28-24-29-23(30)21(32-24)12-15-8-10-18(11-9-15)31-14-17-5-2-1-4-16(17)13-27/h1-12H,14H2,(H,28,29,30)/b21-12-. The Kier molecular flexibility index (Phi) is 6.81. The molecule has 32 heavy (non-hydrogen) atoms. The average molecular weight is 480 g/mol. The van der Waals surface area contributed by atoms with Crippen molar-refractivity contribution in [1.82, 2.24) is 5.32 Å². The first-order valence-electron chi connectivity index (χ1n) is 9.48. The Morgan fingerprint density at radius 1 is 1.06 bits per heavy atom. The van der Waals surface area contributed by atoms with Gasteiger partial charge in [-0.05, 0) is 53.7 Å². The smallest absolute Gasteiger partial charge is 0.264 e. The third-order valence-corrected chi connectivity index (χ3v) is 6.23. The van der Waals surface area contributed by atoms with Crippen molar-refractivity contribution in [1.29, 1.82) is 5.26 Å². The van der Waals surface area contributed by atoms with Gasteiger partial charge in [-0.25, -0.2) is 4.99 Å². The van der Waals surface area contributed by atoms with Crippen molar-refractivity contribution in [3.05, 3.63) is 98.4 Å². The summed E-state index contributed by atoms with van der Waals surface area (Å²) in [4.78, 5) is 17.2. The molecular weight excluding hydrogens is 465 g/mol. The zero-order chi connectivity index (χ0) is 22.5. The molecule has 0 spiro atoms. The van der Waals surface area contributed by atoms with E-state index in [1.54, 1.807) is 30.3 Å². The van der Waals surface area contributed by atoms with Crippen LogP contribution in [0, 0.1) is 11.3 Å². The first-order valence-corrected chi connectivity index (χ1v) is 11.1. The summed E-state index contributed by atoms with van der Waals surface area (Å²) in [6.45, 7) is 0.300. The molecule has 0 aromatic heterocycles. The Labute approximate surface area is 199 Å². The summed E-state index contributed by atoms with van der Waals surface area (Å²) in [7, 11) is 0. The topological polar surface area (TPSA) is 74.5 Å². The van der Waals surface area contributed by atoms with E-state index in [1.165, 1.54) is 11.8 Å². The van der Waals surface area contributed by atoms with Crippen LogP contribution in [0.1, 0.15) is 16.7 Å². The van der Waals surface area contributed by atoms with Gasteiger partial charge in [0.25, 0.3) is 5.91 Å². The summed E-state index contributed by atoms with van der Waals surface area (Å²) < 4.78 is 5.79. The molecule has 0 saturated carbocycles. The van der Waals surface area contributed by atoms with Crippen LogP contribution >= 0.6 is 35.0 Å². The number of rotatable bonds is 5. The third kappa shape index (κ3) is 5.14. The molecule has 0 unspecified atom stereocenters. The normalized spacial score (nSPS) is 15.6. The highest BCUT2D eigenvalue weighted by molar-refractivity contribution is 8.18. The quantitative estimate of drug-likeness (QED) is 0.433. The fourth-order valence-corrected chi connectivity index (χ4v) is 4.07. The van der Waals surface area contributed by atoms with Crippen LogP contribution < -0.4 is 10.1 Å². The lowest BCUT2D eigenvalue weighted by atomic mass is 10.1. The molecule has 158 valence electrons. The number of amidine groups is 1. The van der Waals surface area contributed by atoms with Gasteiger partial charge in [-0.2, -0.15) is 5.26 Å². The molecule has 3 aromatic carbocycles. The van der Waals surface area contributed by atoms with Crippen molar-refractivity contribution in [2.24, 2.45) is 4.99 Å². The first-order chi connectivity index (χ1) is 15.5. The number of hydrogen-bond acceptors (Lipinski definition) is 5. The lowest BCUT2D eigenvalue weighted by Gasteiger charge is -2.07. The maximum atomic E-state index is 12.3. The van der Waals surface area contributed by atoms with E-state index < -0.39 is 0 Å². The van der Waals surface area contributed by atoms with Crippen molar-refractivity contribution in [3.8, 4) is 11.8 Å². The van der Waals surface area contributed by atoms with Crippen molar-refractivity contribution in [2.75, 3.05) is 0 Å². The minimum absolute atomic E-state index is 0.236. The molecule has 4 rings (SSSR count). The van der Waals surface area contributed by atoms with E-state index in [0.29, 0.717) is 43.7 Å². The number of halogens is 2. The van der Waals surface area contributed by atoms with Crippen LogP contribution in [0.15, 0.2) is 76.6 Å². The summed E-state index contributed by atoms with van der Waals surface area (Å²) in [5.41, 5.74) is 2.75. The molecule has 0 radical (unpaired) electrons. The maximum Gasteiger partial charge on any atom is 0.264 e. The number of ether oxygens (including phenoxy) is 1. The molecule has 1 amide bonds. The molecular formula is C24H15Cl2N3O2S. The molecule has 8 heteroatoms. The second kappa shape index (κ2) is 9.92. The molecule has 3 aromatic rings. The van der Waals surface area contributed by atoms with Crippen LogP contribution in [0.25, 0.3) is 6.08 Å². The second-order valence-corrected chi connectivity index (χ2v) is 8.50. The summed E-state index contributed by atoms with van der Waals surface area (Å²) >= 11 is 13.4. The lowest BCUT2D eigenvalue weighted by molar-refractivity contribution is -0.115. The number of aliphatic imine (C=N–C) groups is 1. The Bertz CT molecular complexity index is 1280. The Balaban J connectivity index is 1.44. The highest BCUT2D eigenvalue weighted by Crippen LogP contribution is 2.34. The Morgan fingerprint density at radius 2 is 1.84 bits per heavy atom. The van der Waals surface area contributed by atoms with Gasteiger partial charge in [-0.15, -0.1) is 0 Å². The number of benzene rings is 3. The van der Waals surface area contributed by atoms with Crippen LogP contribution in [0.4, 0.5) is 5.69 Å². The monoisotopic (exact) mass is 479 g/mol. The molecule has 0 atom stereocenters. The first kappa shape index (κ1) is 22.0. The van der Waals surface area contributed by atoms with Crippen LogP contribution in [0.5, 0.6) is 5.75 Å². The van der Waals surface area contributed by atoms with Gasteiger partial charge >= 0.3 is 0 Å². The number of nitrogens with zero attached hydrogens (tertiary/aromatic N) is 2. The van der Waals surface area contributed by atoms with Gasteiger partial charge in [0, 0.05) is 5.56 Å². The van der Waals surface area contributed by atoms with E-state index >= 15 is 0 Å². The molecule has 1 aliphatic rings. The zero-order valence-corrected chi connectivity index (χ0v) is 18.8. The number of thioether (sulfide) groups is 1. The number of hydrogen-bond donors (Lipinski definition) is 1. The minimum atomic E-state index is -0.236. The summed E-state index contributed by atoms with van der Waals surface area (Å²) in [6.07, 6.45) is 1.77. The van der Waals surface area contributed by atoms with Crippen LogP contribution in [0.2, 0.25) is 10.0 Å². The fourth-order valence-electron chi connectivity index (χ4n) is 2.90. The Morgan fingerprint density at radius 3 is 2.62 bits per heavy atom. The van der Waals surface area contributed by atoms with Gasteiger partial charge in [-0.1, -0.05) is 59.6 Å². The van der Waals surface area contributed by atoms with Gasteiger partial charge in [0.15, 0.2) is 5.17 Å². The van der Waals surface area contributed by atoms with Crippen molar-refractivity contribution < 1.29 is 9.53 Å². The SMILES string of the molecule is N#Cc1ccccc1COc1ccc(/C=C2\SC(=Nc3cccc(Cl)c3Cl)NC2=O)cc1. The van der Waals surface area contributed by atoms with E-state index in [9.17, 15) is 4.79 Å². The van der Waals surface area contributed by atoms with Gasteiger partial charge in [-0.3, -0.25) is 4.79 Å². The summed E-state index contributed by atoms with van der Waals surface area (Å²) in [5, 5.41) is 13.1. The van der Waals surface area contributed by atoms with E-state index in [1.807, 2.05) is 42.5 Å². The second-order valence-electron chi connectivity index (χ2n) is 6.68. The highest BCUT2D eigenvalue weighted by Gasteiger charge is 2.24. The molecule has 1 saturated heterocycles. The Hall–Kier alpha value is -3.24. The zero-order valence-electron chi connectivity index (χ0n) is 16.5. The van der Waals surface area contributed by atoms with Gasteiger partial charge in [0.05, 0.1) is 32.3 Å². The maximum absolute atomic E-state index is 12.3. The van der Waals surface area contributed by atoms with Gasteiger partial charge in [0.2, 0.25) is 0 Å². The number of nitriles is 1. The van der Waals surface area contributed by atoms with Crippen LogP contribution in [-0.4, -0.2) is 11.1 Å². The molecule has 1 aliphatic heterocycles. The van der Waals surface area contributed by atoms with Crippen molar-refractivity contribution >= 4 is 57.8 Å². The molecule has 1 heterocycles. The van der Waals surface area contributed by atoms with E-state index in [2.05, 4.69) is 16.4 Å². The van der Waals surface area contributed by atoms with Crippen LogP contribution in [0.3, 0.4) is 0 Å². The minimum Gasteiger partial charge on any atom is -0.489 e. The molecule has 1 fully saturated rings. The van der Waals surface area contributed by atoms with Crippen molar-refractivity contribution in [3.63, 3.8) is 0 Å². The molecule has 0 bridgehead atoms. The number of carbonyl (C=O) groups is 1. The van der Waals surface area contributed by atoms with E-state index in [-0.39, 0.29) is 5.91 Å². The molecule has 0 aliphatic carbocycles. The third-order valence-electron chi connectivity index (χ3n) is 4.51. The number of amides is 1. The summed E-state index contributed by atoms with van der Waals surface area (Å²) in [5.74, 6) is 0.432. The van der Waals surface area contributed by atoms with Crippen LogP contribution in [-0.2, 0) is 11.4 Å². The van der Waals surface area contributed by atoms with Gasteiger partial charge < -0.3 is 10.1 Å². The lowest BCUT2D eigenvalue weighted by Crippen LogP contribution is -2.19. The number of nitrogens with one attached hydrogen (secondary N) is 1. The van der Waals surface area contributed by atoms with E-state index in [0.717, 1.165) is 11.1 Å². The molecule has 5 nitrogen and oxygen atoms in total. The predicted molar refractivity (Wildman–Crippen MR) is 129 cm³/mol. The van der Waals surface area contributed by atoms with E-state index in [4.69, 9.17) is 33.2 Å². The number of carbonyl (C=O) groups excluding carboxylic acids is 1. The summed E-state index contributed by atoms with van der Waals surface area (Å²) in [6, 6.07) is 22.0. The van der Waals surface area contributed by atoms with Crippen molar-refractivity contribution in [2.45, 2.75) is 6.61 Å². The average Bonchev–Trinajstić information content (AvgIpc) is 3.15. The van der Waals surface area contributed by atoms with Gasteiger partial charge in [0.1, 0.15) is 12.4 Å². The predicted octanol–water partition coefficient (Wildman–Crippen LogP) is 6.34. The fraction of sp³-hybridized carbons (Fsp3) is 0.0417. The molecule has 1 N–H and O–H groups in total. The largest absolute Gasteiger partial charge is 0.489 e.